The minimum atomic E-state index is -0.227. The van der Waals surface area contributed by atoms with Gasteiger partial charge in [-0.15, -0.1) is 0 Å². The van der Waals surface area contributed by atoms with E-state index in [9.17, 15) is 0 Å². The number of hydrogen-bond donors (Lipinski definition) is 1. The van der Waals surface area contributed by atoms with Crippen LogP contribution in [-0.2, 0) is 16.1 Å². The van der Waals surface area contributed by atoms with Crippen LogP contribution in [0, 0.1) is 0 Å². The standard InChI is InChI=1S/C11H15NO2/c12-10-6-7-13-11(10)14-8-9-4-2-1-3-5-9/h1-5,10-11H,6-8,12H2. The molecule has 3 nitrogen and oxygen atoms in total. The summed E-state index contributed by atoms with van der Waals surface area (Å²) in [5, 5.41) is 0. The van der Waals surface area contributed by atoms with E-state index in [1.165, 1.54) is 0 Å². The van der Waals surface area contributed by atoms with Crippen molar-refractivity contribution in [3.63, 3.8) is 0 Å². The second kappa shape index (κ2) is 4.55. The molecular formula is C11H15NO2. The molecule has 0 radical (unpaired) electrons. The maximum atomic E-state index is 5.79. The third-order valence-corrected chi connectivity index (χ3v) is 2.34. The van der Waals surface area contributed by atoms with Gasteiger partial charge in [-0.2, -0.15) is 0 Å². The third-order valence-electron chi connectivity index (χ3n) is 2.34. The van der Waals surface area contributed by atoms with E-state index >= 15 is 0 Å². The van der Waals surface area contributed by atoms with Crippen LogP contribution in [0.5, 0.6) is 0 Å². The first-order valence-electron chi connectivity index (χ1n) is 4.89. The van der Waals surface area contributed by atoms with Crippen molar-refractivity contribution in [1.29, 1.82) is 0 Å². The molecule has 0 saturated carbocycles. The summed E-state index contributed by atoms with van der Waals surface area (Å²) in [5.74, 6) is 0. The van der Waals surface area contributed by atoms with Crippen molar-refractivity contribution in [2.45, 2.75) is 25.4 Å². The fourth-order valence-corrected chi connectivity index (χ4v) is 1.50. The van der Waals surface area contributed by atoms with Crippen LogP contribution in [-0.4, -0.2) is 18.9 Å². The number of ether oxygens (including phenoxy) is 2. The van der Waals surface area contributed by atoms with E-state index < -0.39 is 0 Å². The smallest absolute Gasteiger partial charge is 0.173 e. The predicted octanol–water partition coefficient (Wildman–Crippen LogP) is 1.28. The topological polar surface area (TPSA) is 44.5 Å². The molecule has 2 rings (SSSR count). The minimum absolute atomic E-state index is 0.0266. The lowest BCUT2D eigenvalue weighted by Gasteiger charge is -2.15. The molecule has 0 aromatic heterocycles. The lowest BCUT2D eigenvalue weighted by molar-refractivity contribution is -0.125. The average molecular weight is 193 g/mol. The Hall–Kier alpha value is -0.900. The highest BCUT2D eigenvalue weighted by Gasteiger charge is 2.25. The number of hydrogen-bond acceptors (Lipinski definition) is 3. The maximum Gasteiger partial charge on any atom is 0.173 e. The van der Waals surface area contributed by atoms with E-state index in [0.29, 0.717) is 13.2 Å². The molecule has 0 amide bonds. The van der Waals surface area contributed by atoms with Gasteiger partial charge in [-0.05, 0) is 12.0 Å². The molecule has 1 heterocycles. The molecule has 1 aliphatic rings. The highest BCUT2D eigenvalue weighted by Crippen LogP contribution is 2.14. The highest BCUT2D eigenvalue weighted by atomic mass is 16.7. The third kappa shape index (κ3) is 2.32. The zero-order chi connectivity index (χ0) is 9.80. The lowest BCUT2D eigenvalue weighted by atomic mass is 10.2. The van der Waals surface area contributed by atoms with Gasteiger partial charge in [0.2, 0.25) is 0 Å². The van der Waals surface area contributed by atoms with Crippen molar-refractivity contribution in [3.8, 4) is 0 Å². The van der Waals surface area contributed by atoms with Gasteiger partial charge in [0.15, 0.2) is 6.29 Å². The Morgan fingerprint density at radius 2 is 2.14 bits per heavy atom. The first-order chi connectivity index (χ1) is 6.86. The van der Waals surface area contributed by atoms with E-state index in [2.05, 4.69) is 0 Å². The largest absolute Gasteiger partial charge is 0.351 e. The molecule has 1 aromatic carbocycles. The Bertz CT molecular complexity index is 276. The normalized spacial score (nSPS) is 26.6. The molecule has 2 atom stereocenters. The van der Waals surface area contributed by atoms with Crippen LogP contribution in [0.15, 0.2) is 30.3 Å². The van der Waals surface area contributed by atoms with Crippen LogP contribution >= 0.6 is 0 Å². The minimum Gasteiger partial charge on any atom is -0.351 e. The number of nitrogens with two attached hydrogens (primary N) is 1. The highest BCUT2D eigenvalue weighted by molar-refractivity contribution is 5.13. The second-order valence-corrected chi connectivity index (χ2v) is 3.49. The summed E-state index contributed by atoms with van der Waals surface area (Å²) in [6.45, 7) is 1.28. The summed E-state index contributed by atoms with van der Waals surface area (Å²) in [5.41, 5.74) is 6.94. The Labute approximate surface area is 83.8 Å². The molecule has 1 fully saturated rings. The van der Waals surface area contributed by atoms with E-state index in [1.54, 1.807) is 0 Å². The van der Waals surface area contributed by atoms with Gasteiger partial charge < -0.3 is 15.2 Å². The van der Waals surface area contributed by atoms with Gasteiger partial charge in [0.1, 0.15) is 0 Å². The van der Waals surface area contributed by atoms with Gasteiger partial charge in [0.25, 0.3) is 0 Å². The fourth-order valence-electron chi connectivity index (χ4n) is 1.50. The molecule has 0 aliphatic carbocycles. The summed E-state index contributed by atoms with van der Waals surface area (Å²) < 4.78 is 10.9. The molecule has 2 N–H and O–H groups in total. The molecule has 3 heteroatoms. The summed E-state index contributed by atoms with van der Waals surface area (Å²) in [7, 11) is 0. The fraction of sp³-hybridized carbons (Fsp3) is 0.455. The average Bonchev–Trinajstić information content (AvgIpc) is 2.63. The van der Waals surface area contributed by atoms with Crippen LogP contribution < -0.4 is 5.73 Å². The Morgan fingerprint density at radius 1 is 1.36 bits per heavy atom. The predicted molar refractivity (Wildman–Crippen MR) is 53.6 cm³/mol. The van der Waals surface area contributed by atoms with Gasteiger partial charge in [-0.3, -0.25) is 0 Å². The first-order valence-corrected chi connectivity index (χ1v) is 4.89. The summed E-state index contributed by atoms with van der Waals surface area (Å²) in [6, 6.07) is 10.1. The zero-order valence-corrected chi connectivity index (χ0v) is 8.06. The van der Waals surface area contributed by atoms with Crippen molar-refractivity contribution < 1.29 is 9.47 Å². The molecule has 0 bridgehead atoms. The van der Waals surface area contributed by atoms with Gasteiger partial charge in [-0.1, -0.05) is 30.3 Å². The Morgan fingerprint density at radius 3 is 2.79 bits per heavy atom. The number of rotatable bonds is 3. The zero-order valence-electron chi connectivity index (χ0n) is 8.06. The van der Waals surface area contributed by atoms with Crippen molar-refractivity contribution in [2.75, 3.05) is 6.61 Å². The number of benzene rings is 1. The van der Waals surface area contributed by atoms with Crippen LogP contribution in [0.3, 0.4) is 0 Å². The molecule has 2 unspecified atom stereocenters. The summed E-state index contributed by atoms with van der Waals surface area (Å²) in [4.78, 5) is 0. The van der Waals surface area contributed by atoms with Crippen LogP contribution in [0.1, 0.15) is 12.0 Å². The van der Waals surface area contributed by atoms with E-state index in [1.807, 2.05) is 30.3 Å². The van der Waals surface area contributed by atoms with Crippen molar-refractivity contribution >= 4 is 0 Å². The molecule has 1 aliphatic heterocycles. The van der Waals surface area contributed by atoms with Gasteiger partial charge in [0, 0.05) is 0 Å². The van der Waals surface area contributed by atoms with E-state index in [-0.39, 0.29) is 12.3 Å². The molecule has 0 spiro atoms. The summed E-state index contributed by atoms with van der Waals surface area (Å²) in [6.07, 6.45) is 0.662. The van der Waals surface area contributed by atoms with Crippen LogP contribution in [0.25, 0.3) is 0 Å². The molecule has 76 valence electrons. The molecule has 1 saturated heterocycles. The Kier molecular flexibility index (Phi) is 3.14. The van der Waals surface area contributed by atoms with Gasteiger partial charge in [0.05, 0.1) is 19.3 Å². The Balaban J connectivity index is 1.82. The van der Waals surface area contributed by atoms with E-state index in [4.69, 9.17) is 15.2 Å². The SMILES string of the molecule is NC1CCOC1OCc1ccccc1. The van der Waals surface area contributed by atoms with Crippen molar-refractivity contribution in [3.05, 3.63) is 35.9 Å². The van der Waals surface area contributed by atoms with Crippen LogP contribution in [0.2, 0.25) is 0 Å². The van der Waals surface area contributed by atoms with Crippen molar-refractivity contribution in [2.24, 2.45) is 5.73 Å². The molecular weight excluding hydrogens is 178 g/mol. The lowest BCUT2D eigenvalue weighted by Crippen LogP contribution is -2.32. The maximum absolute atomic E-state index is 5.79. The van der Waals surface area contributed by atoms with Crippen molar-refractivity contribution in [1.82, 2.24) is 0 Å². The van der Waals surface area contributed by atoms with Gasteiger partial charge in [-0.25, -0.2) is 0 Å². The molecule has 1 aromatic rings. The first kappa shape index (κ1) is 9.65. The molecule has 14 heavy (non-hydrogen) atoms. The summed E-state index contributed by atoms with van der Waals surface area (Å²) >= 11 is 0. The van der Waals surface area contributed by atoms with E-state index in [0.717, 1.165) is 12.0 Å². The second-order valence-electron chi connectivity index (χ2n) is 3.49. The van der Waals surface area contributed by atoms with Crippen LogP contribution in [0.4, 0.5) is 0 Å². The quantitative estimate of drug-likeness (QED) is 0.786. The monoisotopic (exact) mass is 193 g/mol. The van der Waals surface area contributed by atoms with Gasteiger partial charge >= 0.3 is 0 Å².